The molecule has 1 aliphatic heterocycles. The van der Waals surface area contributed by atoms with E-state index in [0.717, 1.165) is 29.2 Å². The molecule has 0 amide bonds. The molecule has 0 bridgehead atoms. The Morgan fingerprint density at radius 2 is 1.96 bits per heavy atom. The molecule has 1 N–H and O–H groups in total. The molecular weight excluding hydrogens is 362 g/mol. The van der Waals surface area contributed by atoms with Crippen LogP contribution in [0.2, 0.25) is 0 Å². The number of carboxylic acid groups (broad SMARTS) is 1. The third kappa shape index (κ3) is 4.28. The summed E-state index contributed by atoms with van der Waals surface area (Å²) in [5.41, 5.74) is 1.04. The van der Waals surface area contributed by atoms with Gasteiger partial charge in [0.05, 0.1) is 19.3 Å². The topological polar surface area (TPSA) is 59.0 Å². The van der Waals surface area contributed by atoms with Crippen molar-refractivity contribution in [2.24, 2.45) is 0 Å². The Morgan fingerprint density at radius 1 is 1.22 bits per heavy atom. The molecule has 0 aliphatic carbocycles. The number of ether oxygens (including phenoxy) is 2. The predicted octanol–water partition coefficient (Wildman–Crippen LogP) is 4.49. The number of thiophene rings is 1. The Hall–Kier alpha value is -2.05. The van der Waals surface area contributed by atoms with Crippen LogP contribution >= 0.6 is 11.3 Å². The molecular formula is C21H27NO4S. The van der Waals surface area contributed by atoms with E-state index in [0.29, 0.717) is 25.4 Å². The quantitative estimate of drug-likeness (QED) is 0.721. The van der Waals surface area contributed by atoms with Crippen molar-refractivity contribution in [3.05, 3.63) is 45.6 Å². The molecule has 27 heavy (non-hydrogen) atoms. The van der Waals surface area contributed by atoms with E-state index in [2.05, 4.69) is 24.0 Å². The van der Waals surface area contributed by atoms with Crippen LogP contribution < -0.4 is 9.47 Å². The van der Waals surface area contributed by atoms with Crippen molar-refractivity contribution >= 4 is 17.3 Å². The van der Waals surface area contributed by atoms with Crippen molar-refractivity contribution < 1.29 is 19.4 Å². The number of carbonyl (C=O) groups is 1. The van der Waals surface area contributed by atoms with E-state index in [4.69, 9.17) is 9.47 Å². The molecule has 146 valence electrons. The minimum atomic E-state index is -0.748. The van der Waals surface area contributed by atoms with Crippen molar-refractivity contribution in [1.29, 1.82) is 0 Å². The maximum atomic E-state index is 11.8. The monoisotopic (exact) mass is 389 g/mol. The molecule has 1 fully saturated rings. The summed E-state index contributed by atoms with van der Waals surface area (Å²) >= 11 is 1.72. The van der Waals surface area contributed by atoms with Gasteiger partial charge < -0.3 is 14.6 Å². The second-order valence-corrected chi connectivity index (χ2v) is 7.98. The van der Waals surface area contributed by atoms with Gasteiger partial charge in [-0.2, -0.15) is 0 Å². The largest absolute Gasteiger partial charge is 0.490 e. The molecule has 1 saturated heterocycles. The highest BCUT2D eigenvalue weighted by molar-refractivity contribution is 7.12. The Morgan fingerprint density at radius 3 is 2.59 bits per heavy atom. The lowest BCUT2D eigenvalue weighted by molar-refractivity contribution is -0.142. The normalized spacial score (nSPS) is 18.4. The van der Waals surface area contributed by atoms with Crippen LogP contribution in [0.1, 0.15) is 48.0 Å². The van der Waals surface area contributed by atoms with E-state index < -0.39 is 12.0 Å². The highest BCUT2D eigenvalue weighted by atomic mass is 32.1. The van der Waals surface area contributed by atoms with Gasteiger partial charge >= 0.3 is 5.97 Å². The third-order valence-electron chi connectivity index (χ3n) is 4.82. The van der Waals surface area contributed by atoms with Crippen molar-refractivity contribution in [2.45, 2.75) is 45.7 Å². The first kappa shape index (κ1) is 19.7. The van der Waals surface area contributed by atoms with Crippen molar-refractivity contribution in [3.63, 3.8) is 0 Å². The minimum absolute atomic E-state index is 0.0952. The Bertz CT molecular complexity index is 788. The number of aryl methyl sites for hydroxylation is 1. The van der Waals surface area contributed by atoms with Gasteiger partial charge in [0.2, 0.25) is 0 Å². The van der Waals surface area contributed by atoms with Crippen LogP contribution in [0.4, 0.5) is 0 Å². The number of aliphatic carboxylic acids is 1. The summed E-state index contributed by atoms with van der Waals surface area (Å²) in [6.45, 7) is 7.86. The molecule has 2 aromatic rings. The standard InChI is InChI=1S/C21H27NO4S/c1-4-25-17-10-9-15(13-18(17)26-5-2)20(19-11-8-14(3)27-19)22-12-6-7-16(22)21(23)24/h8-11,13,16,20H,4-7,12H2,1-3H3,(H,23,24). The average Bonchev–Trinajstić information content (AvgIpc) is 3.27. The molecule has 1 aromatic heterocycles. The molecule has 6 heteroatoms. The lowest BCUT2D eigenvalue weighted by Crippen LogP contribution is -2.39. The summed E-state index contributed by atoms with van der Waals surface area (Å²) in [5, 5.41) is 9.70. The Labute approximate surface area is 164 Å². The molecule has 3 rings (SSSR count). The van der Waals surface area contributed by atoms with E-state index in [9.17, 15) is 9.90 Å². The maximum Gasteiger partial charge on any atom is 0.320 e. The van der Waals surface area contributed by atoms with Crippen LogP contribution in [-0.4, -0.2) is 41.8 Å². The Balaban J connectivity index is 2.05. The number of nitrogens with zero attached hydrogens (tertiary/aromatic N) is 1. The summed E-state index contributed by atoms with van der Waals surface area (Å²) < 4.78 is 11.5. The van der Waals surface area contributed by atoms with Crippen molar-refractivity contribution in [2.75, 3.05) is 19.8 Å². The zero-order valence-electron chi connectivity index (χ0n) is 16.1. The molecule has 5 nitrogen and oxygen atoms in total. The van der Waals surface area contributed by atoms with Gasteiger partial charge in [-0.1, -0.05) is 6.07 Å². The van der Waals surface area contributed by atoms with Crippen LogP contribution in [0.5, 0.6) is 11.5 Å². The van der Waals surface area contributed by atoms with Gasteiger partial charge in [-0.05, 0) is 63.4 Å². The van der Waals surface area contributed by atoms with Gasteiger partial charge in [-0.15, -0.1) is 11.3 Å². The molecule has 2 heterocycles. The number of hydrogen-bond donors (Lipinski definition) is 1. The van der Waals surface area contributed by atoms with Gasteiger partial charge in [0.15, 0.2) is 11.5 Å². The first-order valence-corrected chi connectivity index (χ1v) is 10.3. The molecule has 0 spiro atoms. The van der Waals surface area contributed by atoms with Gasteiger partial charge in [0, 0.05) is 16.3 Å². The molecule has 0 radical (unpaired) electrons. The smallest absolute Gasteiger partial charge is 0.320 e. The molecule has 0 saturated carbocycles. The first-order valence-electron chi connectivity index (χ1n) is 9.49. The fourth-order valence-corrected chi connectivity index (χ4v) is 4.75. The van der Waals surface area contributed by atoms with E-state index in [1.807, 2.05) is 32.0 Å². The van der Waals surface area contributed by atoms with Gasteiger partial charge in [-0.25, -0.2) is 0 Å². The molecule has 1 aliphatic rings. The Kier molecular flexibility index (Phi) is 6.39. The van der Waals surface area contributed by atoms with Crippen LogP contribution in [0.3, 0.4) is 0 Å². The van der Waals surface area contributed by atoms with Gasteiger partial charge in [0.1, 0.15) is 6.04 Å². The average molecular weight is 390 g/mol. The maximum absolute atomic E-state index is 11.8. The van der Waals surface area contributed by atoms with E-state index in [1.54, 1.807) is 11.3 Å². The highest BCUT2D eigenvalue weighted by Crippen LogP contribution is 2.40. The summed E-state index contributed by atoms with van der Waals surface area (Å²) in [4.78, 5) is 16.3. The second-order valence-electron chi connectivity index (χ2n) is 6.66. The highest BCUT2D eigenvalue weighted by Gasteiger charge is 2.37. The summed E-state index contributed by atoms with van der Waals surface area (Å²) in [5.74, 6) is 0.684. The second kappa shape index (κ2) is 8.76. The van der Waals surface area contributed by atoms with Crippen LogP contribution in [0.25, 0.3) is 0 Å². The zero-order chi connectivity index (χ0) is 19.4. The van der Waals surface area contributed by atoms with Crippen LogP contribution in [0.15, 0.2) is 30.3 Å². The number of likely N-dealkylation sites (tertiary alicyclic amines) is 1. The van der Waals surface area contributed by atoms with Crippen LogP contribution in [0, 0.1) is 6.92 Å². The van der Waals surface area contributed by atoms with Crippen molar-refractivity contribution in [3.8, 4) is 11.5 Å². The van der Waals surface area contributed by atoms with Crippen LogP contribution in [-0.2, 0) is 4.79 Å². The fraction of sp³-hybridized carbons (Fsp3) is 0.476. The summed E-state index contributed by atoms with van der Waals surface area (Å²) in [6, 6.07) is 9.62. The number of benzene rings is 1. The number of hydrogen-bond acceptors (Lipinski definition) is 5. The summed E-state index contributed by atoms with van der Waals surface area (Å²) in [7, 11) is 0. The number of rotatable bonds is 8. The predicted molar refractivity (Wildman–Crippen MR) is 107 cm³/mol. The van der Waals surface area contributed by atoms with E-state index in [1.165, 1.54) is 4.88 Å². The van der Waals surface area contributed by atoms with E-state index in [-0.39, 0.29) is 6.04 Å². The lowest BCUT2D eigenvalue weighted by Gasteiger charge is -2.31. The zero-order valence-corrected chi connectivity index (χ0v) is 16.9. The van der Waals surface area contributed by atoms with Crippen molar-refractivity contribution in [1.82, 2.24) is 4.90 Å². The summed E-state index contributed by atoms with van der Waals surface area (Å²) in [6.07, 6.45) is 1.58. The molecule has 2 atom stereocenters. The molecule has 2 unspecified atom stereocenters. The number of carboxylic acids is 1. The lowest BCUT2D eigenvalue weighted by atomic mass is 10.0. The van der Waals surface area contributed by atoms with Gasteiger partial charge in [0.25, 0.3) is 0 Å². The first-order chi connectivity index (χ1) is 13.0. The third-order valence-corrected chi connectivity index (χ3v) is 5.88. The minimum Gasteiger partial charge on any atom is -0.490 e. The van der Waals surface area contributed by atoms with Gasteiger partial charge in [-0.3, -0.25) is 9.69 Å². The molecule has 1 aromatic carbocycles. The fourth-order valence-electron chi connectivity index (χ4n) is 3.72. The SMILES string of the molecule is CCOc1ccc(C(c2ccc(C)s2)N2CCCC2C(=O)O)cc1OCC. The van der Waals surface area contributed by atoms with E-state index >= 15 is 0 Å².